The van der Waals surface area contributed by atoms with E-state index in [4.69, 9.17) is 4.98 Å². The fourth-order valence-corrected chi connectivity index (χ4v) is 6.75. The van der Waals surface area contributed by atoms with Crippen LogP contribution in [0, 0.1) is 29.1 Å². The first-order chi connectivity index (χ1) is 13.5. The van der Waals surface area contributed by atoms with Gasteiger partial charge in [-0.25, -0.2) is 4.98 Å². The van der Waals surface area contributed by atoms with Gasteiger partial charge in [0, 0.05) is 24.9 Å². The highest BCUT2D eigenvalue weighted by Crippen LogP contribution is 2.60. The van der Waals surface area contributed by atoms with Crippen LogP contribution in [0.25, 0.3) is 11.0 Å². The van der Waals surface area contributed by atoms with Gasteiger partial charge in [-0.3, -0.25) is 4.79 Å². The summed E-state index contributed by atoms with van der Waals surface area (Å²) in [6.07, 6.45) is 8.35. The van der Waals surface area contributed by atoms with E-state index < -0.39 is 0 Å². The van der Waals surface area contributed by atoms with Crippen LogP contribution in [0.4, 0.5) is 0 Å². The van der Waals surface area contributed by atoms with Crippen molar-refractivity contribution in [1.29, 1.82) is 0 Å². The van der Waals surface area contributed by atoms with Gasteiger partial charge in [0.15, 0.2) is 0 Å². The quantitative estimate of drug-likeness (QED) is 0.799. The Balaban J connectivity index is 1.28. The molecular weight excluding hydrogens is 346 g/mol. The molecule has 1 heterocycles. The predicted octanol–water partition coefficient (Wildman–Crippen LogP) is 4.57. The van der Waals surface area contributed by atoms with Gasteiger partial charge in [0.2, 0.25) is 5.91 Å². The molecule has 0 unspecified atom stereocenters. The summed E-state index contributed by atoms with van der Waals surface area (Å²) >= 11 is 0. The molecule has 4 aliphatic carbocycles. The molecule has 4 saturated carbocycles. The van der Waals surface area contributed by atoms with Gasteiger partial charge in [-0.15, -0.1) is 0 Å². The highest BCUT2D eigenvalue weighted by atomic mass is 16.2. The summed E-state index contributed by atoms with van der Waals surface area (Å²) < 4.78 is 2.34. The van der Waals surface area contributed by atoms with Crippen molar-refractivity contribution in [1.82, 2.24) is 14.9 Å². The summed E-state index contributed by atoms with van der Waals surface area (Å²) in [5.74, 6) is 4.43. The fraction of sp³-hybridized carbons (Fsp3) is 0.667. The average Bonchev–Trinajstić information content (AvgIpc) is 2.97. The van der Waals surface area contributed by atoms with E-state index in [1.54, 1.807) is 0 Å². The Bertz CT molecular complexity index is 846. The molecular formula is C24H33N3O. The van der Waals surface area contributed by atoms with Gasteiger partial charge in [-0.2, -0.15) is 0 Å². The number of imidazole rings is 1. The first-order valence-electron chi connectivity index (χ1n) is 11.2. The lowest BCUT2D eigenvalue weighted by Crippen LogP contribution is -2.53. The maximum absolute atomic E-state index is 13.2. The van der Waals surface area contributed by atoms with Crippen LogP contribution in [0.15, 0.2) is 24.3 Å². The number of nitrogens with zero attached hydrogens (tertiary/aromatic N) is 2. The number of hydrogen-bond donors (Lipinski definition) is 1. The molecule has 4 bridgehead atoms. The van der Waals surface area contributed by atoms with E-state index in [0.29, 0.717) is 18.4 Å². The third-order valence-corrected chi connectivity index (χ3v) is 7.44. The zero-order valence-electron chi connectivity index (χ0n) is 17.3. The Morgan fingerprint density at radius 2 is 1.79 bits per heavy atom. The Hall–Kier alpha value is -1.84. The SMILES string of the molecule is CC(C)Cn1c(CCNC(=O)C23CC4CC(CC(C4)C2)C3)nc2ccccc21. The van der Waals surface area contributed by atoms with Crippen molar-refractivity contribution in [3.63, 3.8) is 0 Å². The Labute approximate surface area is 168 Å². The number of aromatic nitrogens is 2. The van der Waals surface area contributed by atoms with Crippen LogP contribution < -0.4 is 5.32 Å². The Morgan fingerprint density at radius 3 is 2.43 bits per heavy atom. The van der Waals surface area contributed by atoms with Crippen LogP contribution in [-0.4, -0.2) is 22.0 Å². The highest BCUT2D eigenvalue weighted by molar-refractivity contribution is 5.83. The normalized spacial score (nSPS) is 31.0. The van der Waals surface area contributed by atoms with Crippen LogP contribution in [0.1, 0.15) is 58.2 Å². The van der Waals surface area contributed by atoms with Gasteiger partial charge >= 0.3 is 0 Å². The third kappa shape index (κ3) is 3.15. The zero-order chi connectivity index (χ0) is 19.3. The van der Waals surface area contributed by atoms with E-state index >= 15 is 0 Å². The number of carbonyl (C=O) groups is 1. The highest BCUT2D eigenvalue weighted by Gasteiger charge is 2.54. The smallest absolute Gasteiger partial charge is 0.226 e. The standard InChI is InChI=1S/C24H33N3O/c1-16(2)15-27-21-6-4-3-5-20(21)26-22(27)7-8-25-23(28)24-12-17-9-18(13-24)11-19(10-17)14-24/h3-6,16-19H,7-15H2,1-2H3,(H,25,28). The van der Waals surface area contributed by atoms with E-state index in [2.05, 4.69) is 41.9 Å². The summed E-state index contributed by atoms with van der Waals surface area (Å²) in [4.78, 5) is 18.0. The first kappa shape index (κ1) is 18.2. The third-order valence-electron chi connectivity index (χ3n) is 7.44. The molecule has 1 aromatic carbocycles. The second-order valence-corrected chi connectivity index (χ2v) is 10.2. The molecule has 150 valence electrons. The first-order valence-corrected chi connectivity index (χ1v) is 11.2. The number of nitrogens with one attached hydrogen (secondary N) is 1. The molecule has 0 spiro atoms. The molecule has 1 aromatic heterocycles. The van der Waals surface area contributed by atoms with Crippen molar-refractivity contribution in [2.75, 3.05) is 6.54 Å². The molecule has 0 aliphatic heterocycles. The number of hydrogen-bond acceptors (Lipinski definition) is 2. The maximum atomic E-state index is 13.2. The topological polar surface area (TPSA) is 46.9 Å². The number of carbonyl (C=O) groups excluding carboxylic acids is 1. The van der Waals surface area contributed by atoms with Crippen LogP contribution in [-0.2, 0) is 17.8 Å². The molecule has 0 saturated heterocycles. The fourth-order valence-electron chi connectivity index (χ4n) is 6.75. The average molecular weight is 380 g/mol. The lowest BCUT2D eigenvalue weighted by molar-refractivity contribution is -0.146. The molecule has 2 aromatic rings. The van der Waals surface area contributed by atoms with Crippen LogP contribution >= 0.6 is 0 Å². The van der Waals surface area contributed by atoms with Gasteiger partial charge in [0.05, 0.1) is 11.0 Å². The van der Waals surface area contributed by atoms with Crippen molar-refractivity contribution in [2.24, 2.45) is 29.1 Å². The Morgan fingerprint density at radius 1 is 1.14 bits per heavy atom. The van der Waals surface area contributed by atoms with Crippen molar-refractivity contribution in [3.8, 4) is 0 Å². The molecule has 4 fully saturated rings. The summed E-state index contributed by atoms with van der Waals surface area (Å²) in [6.45, 7) is 6.15. The molecule has 1 amide bonds. The minimum atomic E-state index is -0.0488. The number of amides is 1. The summed E-state index contributed by atoms with van der Waals surface area (Å²) in [5, 5.41) is 3.32. The molecule has 4 heteroatoms. The van der Waals surface area contributed by atoms with Gasteiger partial charge < -0.3 is 9.88 Å². The largest absolute Gasteiger partial charge is 0.355 e. The van der Waals surface area contributed by atoms with E-state index in [9.17, 15) is 4.79 Å². The van der Waals surface area contributed by atoms with Crippen molar-refractivity contribution in [3.05, 3.63) is 30.1 Å². The second-order valence-electron chi connectivity index (χ2n) is 10.2. The monoisotopic (exact) mass is 379 g/mol. The van der Waals surface area contributed by atoms with Crippen molar-refractivity contribution < 1.29 is 4.79 Å². The summed E-state index contributed by atoms with van der Waals surface area (Å²) in [7, 11) is 0. The van der Waals surface area contributed by atoms with Gasteiger partial charge in [-0.1, -0.05) is 26.0 Å². The second kappa shape index (κ2) is 6.89. The summed E-state index contributed by atoms with van der Waals surface area (Å²) in [5.41, 5.74) is 2.22. The van der Waals surface area contributed by atoms with E-state index in [-0.39, 0.29) is 5.41 Å². The van der Waals surface area contributed by atoms with Crippen molar-refractivity contribution in [2.45, 2.75) is 65.3 Å². The Kier molecular flexibility index (Phi) is 4.48. The van der Waals surface area contributed by atoms with Gasteiger partial charge in [-0.05, 0) is 74.3 Å². The molecule has 0 atom stereocenters. The predicted molar refractivity (Wildman–Crippen MR) is 112 cm³/mol. The van der Waals surface area contributed by atoms with Crippen LogP contribution in [0.2, 0.25) is 0 Å². The molecule has 4 aliphatic rings. The van der Waals surface area contributed by atoms with Gasteiger partial charge in [0.25, 0.3) is 0 Å². The van der Waals surface area contributed by atoms with Gasteiger partial charge in [0.1, 0.15) is 5.82 Å². The molecule has 0 radical (unpaired) electrons. The number of fused-ring (bicyclic) bond motifs is 1. The van der Waals surface area contributed by atoms with Crippen molar-refractivity contribution >= 4 is 16.9 Å². The lowest BCUT2D eigenvalue weighted by Gasteiger charge is -2.55. The lowest BCUT2D eigenvalue weighted by atomic mass is 9.49. The number of para-hydroxylation sites is 2. The van der Waals surface area contributed by atoms with E-state index in [0.717, 1.165) is 61.3 Å². The minimum absolute atomic E-state index is 0.0488. The molecule has 28 heavy (non-hydrogen) atoms. The number of rotatable bonds is 6. The van der Waals surface area contributed by atoms with E-state index in [1.807, 2.05) is 6.07 Å². The zero-order valence-corrected chi connectivity index (χ0v) is 17.3. The molecule has 4 nitrogen and oxygen atoms in total. The van der Waals surface area contributed by atoms with E-state index in [1.165, 1.54) is 24.8 Å². The van der Waals surface area contributed by atoms with Crippen LogP contribution in [0.5, 0.6) is 0 Å². The van der Waals surface area contributed by atoms with Crippen LogP contribution in [0.3, 0.4) is 0 Å². The summed E-state index contributed by atoms with van der Waals surface area (Å²) in [6, 6.07) is 8.37. The minimum Gasteiger partial charge on any atom is -0.355 e. The molecule has 6 rings (SSSR count). The molecule has 1 N–H and O–H groups in total. The maximum Gasteiger partial charge on any atom is 0.226 e. The number of benzene rings is 1.